The molecule has 0 saturated heterocycles. The fourth-order valence-corrected chi connectivity index (χ4v) is 2.32. The van der Waals surface area contributed by atoms with Crippen LogP contribution < -0.4 is 10.1 Å². The zero-order valence-corrected chi connectivity index (χ0v) is 12.8. The molecule has 108 valence electrons. The van der Waals surface area contributed by atoms with Gasteiger partial charge in [-0.2, -0.15) is 5.26 Å². The maximum atomic E-state index is 9.55. The van der Waals surface area contributed by atoms with Crippen molar-refractivity contribution in [3.63, 3.8) is 0 Å². The molecule has 0 aliphatic heterocycles. The number of methoxy groups -OCH3 is 1. The van der Waals surface area contributed by atoms with Gasteiger partial charge in [0.15, 0.2) is 0 Å². The first-order chi connectivity index (χ1) is 10.1. The van der Waals surface area contributed by atoms with Crippen LogP contribution in [0, 0.1) is 11.3 Å². The van der Waals surface area contributed by atoms with Gasteiger partial charge in [0.05, 0.1) is 13.2 Å². The second kappa shape index (κ2) is 6.51. The highest BCUT2D eigenvalue weighted by Gasteiger charge is 2.25. The summed E-state index contributed by atoms with van der Waals surface area (Å²) in [5, 5.41) is 13.5. The van der Waals surface area contributed by atoms with E-state index >= 15 is 0 Å². The van der Waals surface area contributed by atoms with E-state index in [2.05, 4.69) is 11.4 Å². The van der Waals surface area contributed by atoms with E-state index in [0.717, 1.165) is 17.0 Å². The monoisotopic (exact) mass is 300 g/mol. The smallest absolute Gasteiger partial charge is 0.126 e. The summed E-state index contributed by atoms with van der Waals surface area (Å²) in [4.78, 5) is 0. The average molecular weight is 301 g/mol. The molecule has 0 fully saturated rings. The summed E-state index contributed by atoms with van der Waals surface area (Å²) in [6.07, 6.45) is 0.538. The third-order valence-electron chi connectivity index (χ3n) is 3.25. The summed E-state index contributed by atoms with van der Waals surface area (Å²) < 4.78 is 5.35. The van der Waals surface area contributed by atoms with Crippen molar-refractivity contribution in [2.75, 3.05) is 12.4 Å². The lowest BCUT2D eigenvalue weighted by atomic mass is 9.93. The standard InChI is InChI=1S/C17H17ClN2O/c1-17(12-19,20-15-9-7-14(18)8-10-15)11-13-5-3-4-6-16(13)21-2/h3-10,20H,11H2,1-2H3. The molecule has 0 radical (unpaired) electrons. The molecule has 0 amide bonds. The van der Waals surface area contributed by atoms with E-state index in [-0.39, 0.29) is 0 Å². The van der Waals surface area contributed by atoms with Gasteiger partial charge < -0.3 is 10.1 Å². The second-order valence-corrected chi connectivity index (χ2v) is 5.50. The van der Waals surface area contributed by atoms with Gasteiger partial charge in [-0.3, -0.25) is 0 Å². The summed E-state index contributed by atoms with van der Waals surface area (Å²) in [5.74, 6) is 0.789. The molecule has 0 aliphatic rings. The highest BCUT2D eigenvalue weighted by Crippen LogP contribution is 2.25. The molecule has 0 bridgehead atoms. The molecular weight excluding hydrogens is 284 g/mol. The number of para-hydroxylation sites is 1. The maximum Gasteiger partial charge on any atom is 0.126 e. The number of ether oxygens (including phenoxy) is 1. The van der Waals surface area contributed by atoms with Gasteiger partial charge in [-0.1, -0.05) is 29.8 Å². The van der Waals surface area contributed by atoms with Crippen molar-refractivity contribution < 1.29 is 4.74 Å². The molecule has 0 saturated carbocycles. The van der Waals surface area contributed by atoms with Crippen LogP contribution >= 0.6 is 11.6 Å². The van der Waals surface area contributed by atoms with Gasteiger partial charge in [0.1, 0.15) is 11.3 Å². The Morgan fingerprint density at radius 1 is 1.19 bits per heavy atom. The largest absolute Gasteiger partial charge is 0.496 e. The Hall–Kier alpha value is -2.18. The lowest BCUT2D eigenvalue weighted by molar-refractivity contribution is 0.407. The van der Waals surface area contributed by atoms with Crippen molar-refractivity contribution in [2.45, 2.75) is 18.9 Å². The number of halogens is 1. The van der Waals surface area contributed by atoms with E-state index in [0.29, 0.717) is 11.4 Å². The summed E-state index contributed by atoms with van der Waals surface area (Å²) in [6, 6.07) is 17.4. The normalized spacial score (nSPS) is 13.0. The number of nitrogens with zero attached hydrogens (tertiary/aromatic N) is 1. The average Bonchev–Trinajstić information content (AvgIpc) is 2.50. The fraction of sp³-hybridized carbons (Fsp3) is 0.235. The summed E-state index contributed by atoms with van der Waals surface area (Å²) in [5.41, 5.74) is 1.12. The molecule has 0 aromatic heterocycles. The van der Waals surface area contributed by atoms with Crippen molar-refractivity contribution in [1.82, 2.24) is 0 Å². The number of hydrogen-bond donors (Lipinski definition) is 1. The third kappa shape index (κ3) is 3.90. The number of rotatable bonds is 5. The van der Waals surface area contributed by atoms with Crippen LogP contribution in [0.2, 0.25) is 5.02 Å². The first-order valence-corrected chi connectivity index (χ1v) is 7.01. The van der Waals surface area contributed by atoms with Gasteiger partial charge in [-0.05, 0) is 42.8 Å². The molecule has 0 heterocycles. The first kappa shape index (κ1) is 15.2. The molecule has 1 unspecified atom stereocenters. The number of hydrogen-bond acceptors (Lipinski definition) is 3. The predicted octanol–water partition coefficient (Wildman–Crippen LogP) is 4.29. The Bertz CT molecular complexity index is 649. The zero-order chi connectivity index (χ0) is 15.3. The number of nitriles is 1. The first-order valence-electron chi connectivity index (χ1n) is 6.63. The van der Waals surface area contributed by atoms with Gasteiger partial charge in [-0.15, -0.1) is 0 Å². The Balaban J connectivity index is 2.21. The number of anilines is 1. The molecule has 3 nitrogen and oxygen atoms in total. The van der Waals surface area contributed by atoms with Crippen LogP contribution in [0.1, 0.15) is 12.5 Å². The summed E-state index contributed by atoms with van der Waals surface area (Å²) in [6.45, 7) is 1.87. The van der Waals surface area contributed by atoms with Crippen LogP contribution in [-0.4, -0.2) is 12.6 Å². The topological polar surface area (TPSA) is 45.0 Å². The van der Waals surface area contributed by atoms with Crippen molar-refractivity contribution in [3.8, 4) is 11.8 Å². The molecule has 0 spiro atoms. The van der Waals surface area contributed by atoms with E-state index in [4.69, 9.17) is 16.3 Å². The molecule has 2 aromatic carbocycles. The molecule has 21 heavy (non-hydrogen) atoms. The van der Waals surface area contributed by atoms with Crippen LogP contribution in [0.3, 0.4) is 0 Å². The van der Waals surface area contributed by atoms with Crippen molar-refractivity contribution in [3.05, 3.63) is 59.1 Å². The minimum atomic E-state index is -0.734. The number of benzene rings is 2. The van der Waals surface area contributed by atoms with Gasteiger partial charge >= 0.3 is 0 Å². The summed E-state index contributed by atoms with van der Waals surface area (Å²) >= 11 is 5.88. The second-order valence-electron chi connectivity index (χ2n) is 5.06. The molecular formula is C17H17ClN2O. The zero-order valence-electron chi connectivity index (χ0n) is 12.1. The van der Waals surface area contributed by atoms with Gasteiger partial charge in [0.2, 0.25) is 0 Å². The van der Waals surface area contributed by atoms with E-state index in [1.807, 2.05) is 43.3 Å². The Kier molecular flexibility index (Phi) is 4.72. The van der Waals surface area contributed by atoms with Crippen LogP contribution in [0.15, 0.2) is 48.5 Å². The van der Waals surface area contributed by atoms with Gasteiger partial charge in [0.25, 0.3) is 0 Å². The predicted molar refractivity (Wildman–Crippen MR) is 85.8 cm³/mol. The van der Waals surface area contributed by atoms with Crippen molar-refractivity contribution in [1.29, 1.82) is 5.26 Å². The minimum absolute atomic E-state index is 0.538. The SMILES string of the molecule is COc1ccccc1CC(C)(C#N)Nc1ccc(Cl)cc1. The molecule has 2 aromatic rings. The number of nitrogens with one attached hydrogen (secondary N) is 1. The van der Waals surface area contributed by atoms with Crippen LogP contribution in [0.5, 0.6) is 5.75 Å². The van der Waals surface area contributed by atoms with Gasteiger partial charge in [0, 0.05) is 17.1 Å². The van der Waals surface area contributed by atoms with Crippen molar-refractivity contribution in [2.24, 2.45) is 0 Å². The van der Waals surface area contributed by atoms with E-state index in [9.17, 15) is 5.26 Å². The Labute approximate surface area is 130 Å². The summed E-state index contributed by atoms with van der Waals surface area (Å²) in [7, 11) is 1.63. The van der Waals surface area contributed by atoms with E-state index in [1.165, 1.54) is 0 Å². The third-order valence-corrected chi connectivity index (χ3v) is 3.50. The lowest BCUT2D eigenvalue weighted by Crippen LogP contribution is -2.35. The molecule has 1 atom stereocenters. The highest BCUT2D eigenvalue weighted by atomic mass is 35.5. The molecule has 2 rings (SSSR count). The Morgan fingerprint density at radius 3 is 2.48 bits per heavy atom. The van der Waals surface area contributed by atoms with Crippen molar-refractivity contribution >= 4 is 17.3 Å². The van der Waals surface area contributed by atoms with E-state index < -0.39 is 5.54 Å². The fourth-order valence-electron chi connectivity index (χ4n) is 2.19. The van der Waals surface area contributed by atoms with Crippen LogP contribution in [0.25, 0.3) is 0 Å². The maximum absolute atomic E-state index is 9.55. The van der Waals surface area contributed by atoms with Crippen LogP contribution in [-0.2, 0) is 6.42 Å². The highest BCUT2D eigenvalue weighted by molar-refractivity contribution is 6.30. The van der Waals surface area contributed by atoms with Gasteiger partial charge in [-0.25, -0.2) is 0 Å². The lowest BCUT2D eigenvalue weighted by Gasteiger charge is -2.25. The van der Waals surface area contributed by atoms with E-state index in [1.54, 1.807) is 19.2 Å². The molecule has 4 heteroatoms. The molecule has 0 aliphatic carbocycles. The Morgan fingerprint density at radius 2 is 1.86 bits per heavy atom. The molecule has 1 N–H and O–H groups in total. The quantitative estimate of drug-likeness (QED) is 0.896. The van der Waals surface area contributed by atoms with Crippen LogP contribution in [0.4, 0.5) is 5.69 Å². The minimum Gasteiger partial charge on any atom is -0.496 e.